The van der Waals surface area contributed by atoms with Crippen molar-refractivity contribution in [2.75, 3.05) is 23.4 Å². The Bertz CT molecular complexity index is 928. The molecule has 0 aromatic heterocycles. The molecule has 1 aliphatic rings. The number of carbonyl (C=O) groups excluding carboxylic acids is 3. The minimum atomic E-state index is -0.610. The predicted octanol–water partition coefficient (Wildman–Crippen LogP) is 3.49. The third-order valence-electron chi connectivity index (χ3n) is 4.71. The normalized spacial score (nSPS) is 16.2. The van der Waals surface area contributed by atoms with Crippen molar-refractivity contribution in [1.82, 2.24) is 0 Å². The Morgan fingerprint density at radius 2 is 1.96 bits per heavy atom. The second-order valence-corrected chi connectivity index (χ2v) is 7.28. The number of anilines is 2. The number of esters is 1. The number of halogens is 1. The number of nitrogens with zero attached hydrogens (tertiary/aromatic N) is 1. The summed E-state index contributed by atoms with van der Waals surface area (Å²) < 4.78 is 5.11. The topological polar surface area (TPSA) is 75.7 Å². The van der Waals surface area contributed by atoms with Gasteiger partial charge in [0.1, 0.15) is 0 Å². The molecule has 6 nitrogen and oxygen atoms in total. The summed E-state index contributed by atoms with van der Waals surface area (Å²) in [5, 5.41) is 3.21. The van der Waals surface area contributed by atoms with Gasteiger partial charge < -0.3 is 15.0 Å². The number of aryl methyl sites for hydroxylation is 2. The molecular weight excluding hydrogens is 380 g/mol. The summed E-state index contributed by atoms with van der Waals surface area (Å²) in [7, 11) is 0. The second kappa shape index (κ2) is 8.44. The lowest BCUT2D eigenvalue weighted by atomic mass is 10.1. The summed E-state index contributed by atoms with van der Waals surface area (Å²) in [4.78, 5) is 38.1. The van der Waals surface area contributed by atoms with Crippen molar-refractivity contribution in [2.24, 2.45) is 5.92 Å². The Morgan fingerprint density at radius 3 is 2.68 bits per heavy atom. The van der Waals surface area contributed by atoms with Crippen LogP contribution in [0.15, 0.2) is 42.5 Å². The maximum Gasteiger partial charge on any atom is 0.311 e. The van der Waals surface area contributed by atoms with E-state index < -0.39 is 24.4 Å². The lowest BCUT2D eigenvalue weighted by Crippen LogP contribution is -2.28. The molecule has 146 valence electrons. The van der Waals surface area contributed by atoms with Gasteiger partial charge in [0, 0.05) is 29.4 Å². The molecule has 0 unspecified atom stereocenters. The van der Waals surface area contributed by atoms with Gasteiger partial charge in [0.2, 0.25) is 5.91 Å². The molecule has 0 aliphatic carbocycles. The first kappa shape index (κ1) is 19.9. The van der Waals surface area contributed by atoms with Gasteiger partial charge >= 0.3 is 5.97 Å². The zero-order valence-corrected chi connectivity index (χ0v) is 16.5. The summed E-state index contributed by atoms with van der Waals surface area (Å²) in [6, 6.07) is 12.4. The van der Waals surface area contributed by atoms with Crippen LogP contribution in [0, 0.1) is 19.8 Å². The van der Waals surface area contributed by atoms with Gasteiger partial charge in [-0.2, -0.15) is 0 Å². The van der Waals surface area contributed by atoms with Crippen LogP contribution in [0.5, 0.6) is 0 Å². The maximum absolute atomic E-state index is 12.3. The SMILES string of the molecule is Cc1ccc(NC(=O)COC(=O)[C@@H]2CC(=O)N(c3cccc(Cl)c3)C2)cc1C. The molecule has 2 aromatic carbocycles. The van der Waals surface area contributed by atoms with E-state index in [4.69, 9.17) is 16.3 Å². The molecule has 3 rings (SSSR count). The van der Waals surface area contributed by atoms with E-state index in [1.165, 1.54) is 4.90 Å². The number of amides is 2. The van der Waals surface area contributed by atoms with Gasteiger partial charge in [-0.05, 0) is 55.3 Å². The van der Waals surface area contributed by atoms with E-state index >= 15 is 0 Å². The quantitative estimate of drug-likeness (QED) is 0.779. The molecule has 2 amide bonds. The van der Waals surface area contributed by atoms with Crippen LogP contribution in [0.2, 0.25) is 5.02 Å². The third-order valence-corrected chi connectivity index (χ3v) is 4.95. The number of ether oxygens (including phenoxy) is 1. The Labute approximate surface area is 168 Å². The van der Waals surface area contributed by atoms with Crippen LogP contribution >= 0.6 is 11.6 Å². The van der Waals surface area contributed by atoms with Crippen LogP contribution in [0.25, 0.3) is 0 Å². The van der Waals surface area contributed by atoms with E-state index in [0.717, 1.165) is 11.1 Å². The molecule has 28 heavy (non-hydrogen) atoms. The van der Waals surface area contributed by atoms with E-state index in [1.807, 2.05) is 26.0 Å². The van der Waals surface area contributed by atoms with E-state index in [9.17, 15) is 14.4 Å². The highest BCUT2D eigenvalue weighted by Crippen LogP contribution is 2.27. The second-order valence-electron chi connectivity index (χ2n) is 6.84. The molecule has 1 heterocycles. The molecule has 1 atom stereocenters. The highest BCUT2D eigenvalue weighted by atomic mass is 35.5. The fourth-order valence-electron chi connectivity index (χ4n) is 3.03. The molecule has 2 aromatic rings. The fourth-order valence-corrected chi connectivity index (χ4v) is 3.21. The molecule has 0 spiro atoms. The molecule has 0 radical (unpaired) electrons. The predicted molar refractivity (Wildman–Crippen MR) is 107 cm³/mol. The van der Waals surface area contributed by atoms with Crippen molar-refractivity contribution in [3.63, 3.8) is 0 Å². The van der Waals surface area contributed by atoms with Crippen molar-refractivity contribution >= 4 is 40.8 Å². The number of carbonyl (C=O) groups is 3. The lowest BCUT2D eigenvalue weighted by molar-refractivity contribution is -0.151. The summed E-state index contributed by atoms with van der Waals surface area (Å²) in [6.07, 6.45) is 0.0458. The van der Waals surface area contributed by atoms with Crippen LogP contribution in [-0.4, -0.2) is 30.9 Å². The molecular formula is C21H21ClN2O4. The van der Waals surface area contributed by atoms with Gasteiger partial charge in [-0.3, -0.25) is 14.4 Å². The number of hydrogen-bond donors (Lipinski definition) is 1. The van der Waals surface area contributed by atoms with Crippen LogP contribution in [-0.2, 0) is 19.1 Å². The molecule has 1 fully saturated rings. The van der Waals surface area contributed by atoms with Gasteiger partial charge in [0.15, 0.2) is 6.61 Å². The van der Waals surface area contributed by atoms with Crippen LogP contribution in [0.4, 0.5) is 11.4 Å². The van der Waals surface area contributed by atoms with Gasteiger partial charge in [0.25, 0.3) is 5.91 Å². The van der Waals surface area contributed by atoms with Crippen LogP contribution in [0.1, 0.15) is 17.5 Å². The summed E-state index contributed by atoms with van der Waals surface area (Å²) in [5.41, 5.74) is 3.47. The average Bonchev–Trinajstić information content (AvgIpc) is 3.05. The van der Waals surface area contributed by atoms with E-state index in [1.54, 1.807) is 30.3 Å². The van der Waals surface area contributed by atoms with E-state index in [2.05, 4.69) is 5.32 Å². The largest absolute Gasteiger partial charge is 0.455 e. The van der Waals surface area contributed by atoms with E-state index in [0.29, 0.717) is 16.4 Å². The number of nitrogens with one attached hydrogen (secondary N) is 1. The molecule has 0 bridgehead atoms. The monoisotopic (exact) mass is 400 g/mol. The first-order valence-electron chi connectivity index (χ1n) is 8.93. The summed E-state index contributed by atoms with van der Waals surface area (Å²) in [6.45, 7) is 3.75. The Hall–Kier alpha value is -2.86. The Morgan fingerprint density at radius 1 is 1.18 bits per heavy atom. The fraction of sp³-hybridized carbons (Fsp3) is 0.286. The highest BCUT2D eigenvalue weighted by Gasteiger charge is 2.36. The molecule has 1 aliphatic heterocycles. The van der Waals surface area contributed by atoms with Crippen molar-refractivity contribution in [1.29, 1.82) is 0 Å². The summed E-state index contributed by atoms with van der Waals surface area (Å²) in [5.74, 6) is -1.77. The minimum Gasteiger partial charge on any atom is -0.455 e. The van der Waals surface area contributed by atoms with Gasteiger partial charge in [-0.15, -0.1) is 0 Å². The smallest absolute Gasteiger partial charge is 0.311 e. The third kappa shape index (κ3) is 4.70. The van der Waals surface area contributed by atoms with Crippen molar-refractivity contribution in [3.8, 4) is 0 Å². The maximum atomic E-state index is 12.3. The van der Waals surface area contributed by atoms with Crippen molar-refractivity contribution in [3.05, 3.63) is 58.6 Å². The van der Waals surface area contributed by atoms with Gasteiger partial charge in [-0.25, -0.2) is 0 Å². The zero-order chi connectivity index (χ0) is 20.3. The van der Waals surface area contributed by atoms with Crippen molar-refractivity contribution in [2.45, 2.75) is 20.3 Å². The zero-order valence-electron chi connectivity index (χ0n) is 15.7. The lowest BCUT2D eigenvalue weighted by Gasteiger charge is -2.16. The number of rotatable bonds is 5. The molecule has 1 N–H and O–H groups in total. The Balaban J connectivity index is 1.53. The van der Waals surface area contributed by atoms with E-state index in [-0.39, 0.29) is 18.9 Å². The molecule has 0 saturated carbocycles. The standard InChI is InChI=1S/C21H21ClN2O4/c1-13-6-7-17(8-14(13)2)23-19(25)12-28-21(27)15-9-20(26)24(11-15)18-5-3-4-16(22)10-18/h3-8,10,15H,9,11-12H2,1-2H3,(H,23,25)/t15-/m1/s1. The van der Waals surface area contributed by atoms with Gasteiger partial charge in [0.05, 0.1) is 5.92 Å². The molecule has 7 heteroatoms. The van der Waals surface area contributed by atoms with Crippen molar-refractivity contribution < 1.29 is 19.1 Å². The molecule has 1 saturated heterocycles. The average molecular weight is 401 g/mol. The van der Waals surface area contributed by atoms with Gasteiger partial charge in [-0.1, -0.05) is 23.7 Å². The Kier molecular flexibility index (Phi) is 5.99. The minimum absolute atomic E-state index is 0.0458. The first-order valence-corrected chi connectivity index (χ1v) is 9.31. The number of benzene rings is 2. The highest BCUT2D eigenvalue weighted by molar-refractivity contribution is 6.31. The van der Waals surface area contributed by atoms with Crippen LogP contribution < -0.4 is 10.2 Å². The van der Waals surface area contributed by atoms with Crippen LogP contribution in [0.3, 0.4) is 0 Å². The summed E-state index contributed by atoms with van der Waals surface area (Å²) >= 11 is 5.97. The number of hydrogen-bond acceptors (Lipinski definition) is 4. The first-order chi connectivity index (χ1) is 13.3.